The molecule has 2 aromatic rings. The van der Waals surface area contributed by atoms with Crippen LogP contribution in [0.25, 0.3) is 5.69 Å². The maximum atomic E-state index is 13.3. The van der Waals surface area contributed by atoms with E-state index in [4.69, 9.17) is 0 Å². The van der Waals surface area contributed by atoms with Gasteiger partial charge in [0.25, 0.3) is 11.8 Å². The second kappa shape index (κ2) is 8.69. The molecule has 10 heteroatoms. The Morgan fingerprint density at radius 3 is 2.75 bits per heavy atom. The summed E-state index contributed by atoms with van der Waals surface area (Å²) in [4.78, 5) is 53.4. The highest BCUT2D eigenvalue weighted by Crippen LogP contribution is 2.43. The summed E-state index contributed by atoms with van der Waals surface area (Å²) in [6.45, 7) is 1.59. The molecule has 36 heavy (non-hydrogen) atoms. The van der Waals surface area contributed by atoms with Crippen LogP contribution in [-0.4, -0.2) is 67.6 Å². The van der Waals surface area contributed by atoms with E-state index < -0.39 is 11.9 Å². The molecule has 3 aliphatic heterocycles. The van der Waals surface area contributed by atoms with Gasteiger partial charge in [-0.3, -0.25) is 24.5 Å². The van der Waals surface area contributed by atoms with Gasteiger partial charge < -0.3 is 9.80 Å². The Morgan fingerprint density at radius 1 is 1.11 bits per heavy atom. The number of fused-ring (bicyclic) bond motifs is 1. The number of aromatic nitrogens is 3. The van der Waals surface area contributed by atoms with Crippen molar-refractivity contribution in [2.24, 2.45) is 5.41 Å². The zero-order valence-corrected chi connectivity index (χ0v) is 20.0. The standard InChI is InChI=1S/C26H28N6O4/c33-22-8-7-21(23(34)27-22)31-14-17-13-18(5-6-19(17)24(31)35)32-15-20(28-29-32)25(36)30-12-4-3-11-26(16-30)9-1-2-10-26/h3-6,13,15,21H,1-2,7-12,14,16H2,(H,27,33,34). The normalized spacial score (nSPS) is 23.2. The van der Waals surface area contributed by atoms with Gasteiger partial charge in [0.15, 0.2) is 5.69 Å². The highest BCUT2D eigenvalue weighted by molar-refractivity contribution is 6.05. The lowest BCUT2D eigenvalue weighted by molar-refractivity contribution is -0.136. The largest absolute Gasteiger partial charge is 0.333 e. The quantitative estimate of drug-likeness (QED) is 0.522. The molecular weight excluding hydrogens is 460 g/mol. The Balaban J connectivity index is 1.19. The third-order valence-electron chi connectivity index (χ3n) is 8.01. The van der Waals surface area contributed by atoms with Crippen LogP contribution < -0.4 is 5.32 Å². The fourth-order valence-electron chi connectivity index (χ4n) is 6.06. The van der Waals surface area contributed by atoms with Crippen molar-refractivity contribution in [2.75, 3.05) is 13.1 Å². The monoisotopic (exact) mass is 488 g/mol. The Kier molecular flexibility index (Phi) is 5.46. The van der Waals surface area contributed by atoms with Crippen molar-refractivity contribution in [1.29, 1.82) is 0 Å². The lowest BCUT2D eigenvalue weighted by atomic mass is 9.82. The van der Waals surface area contributed by atoms with E-state index in [2.05, 4.69) is 27.8 Å². The van der Waals surface area contributed by atoms with Crippen LogP contribution in [-0.2, 0) is 16.1 Å². The van der Waals surface area contributed by atoms with E-state index >= 15 is 0 Å². The van der Waals surface area contributed by atoms with E-state index in [1.165, 1.54) is 17.7 Å². The number of piperidine rings is 1. The van der Waals surface area contributed by atoms with Gasteiger partial charge in [-0.1, -0.05) is 30.2 Å². The first-order valence-electron chi connectivity index (χ1n) is 12.6. The maximum Gasteiger partial charge on any atom is 0.276 e. The number of hydrogen-bond acceptors (Lipinski definition) is 6. The molecule has 1 saturated heterocycles. The maximum absolute atomic E-state index is 13.3. The molecule has 4 amide bonds. The molecule has 4 aliphatic rings. The molecule has 2 fully saturated rings. The lowest BCUT2D eigenvalue weighted by Gasteiger charge is -2.32. The summed E-state index contributed by atoms with van der Waals surface area (Å²) < 4.78 is 1.55. The molecule has 1 aromatic carbocycles. The number of rotatable bonds is 3. The van der Waals surface area contributed by atoms with Crippen molar-refractivity contribution in [3.8, 4) is 5.69 Å². The first kappa shape index (κ1) is 22.6. The number of carbonyl (C=O) groups excluding carboxylic acids is 4. The molecule has 1 N–H and O–H groups in total. The molecule has 10 nitrogen and oxygen atoms in total. The average Bonchev–Trinajstić information content (AvgIpc) is 3.57. The van der Waals surface area contributed by atoms with Crippen LogP contribution in [0.4, 0.5) is 0 Å². The fourth-order valence-corrected chi connectivity index (χ4v) is 6.06. The van der Waals surface area contributed by atoms with Crippen molar-refractivity contribution in [3.05, 3.63) is 53.4 Å². The number of nitrogens with zero attached hydrogens (tertiary/aromatic N) is 5. The lowest BCUT2D eigenvalue weighted by Crippen LogP contribution is -2.52. The Labute approximate surface area is 208 Å². The van der Waals surface area contributed by atoms with Crippen LogP contribution in [0.3, 0.4) is 0 Å². The first-order valence-corrected chi connectivity index (χ1v) is 12.6. The second-order valence-corrected chi connectivity index (χ2v) is 10.4. The minimum atomic E-state index is -0.660. The first-order chi connectivity index (χ1) is 17.4. The summed E-state index contributed by atoms with van der Waals surface area (Å²) in [6.07, 6.45) is 12.2. The number of nitrogens with one attached hydrogen (secondary N) is 1. The van der Waals surface area contributed by atoms with E-state index in [1.54, 1.807) is 23.0 Å². The van der Waals surface area contributed by atoms with Gasteiger partial charge in [-0.15, -0.1) is 5.10 Å². The molecule has 6 rings (SSSR count). The highest BCUT2D eigenvalue weighted by Gasteiger charge is 2.40. The van der Waals surface area contributed by atoms with Crippen molar-refractivity contribution >= 4 is 23.6 Å². The van der Waals surface area contributed by atoms with Crippen LogP contribution in [0, 0.1) is 5.41 Å². The highest BCUT2D eigenvalue weighted by atomic mass is 16.2. The molecule has 1 spiro atoms. The third-order valence-corrected chi connectivity index (χ3v) is 8.01. The molecule has 0 radical (unpaired) electrons. The van der Waals surface area contributed by atoms with Gasteiger partial charge in [0.1, 0.15) is 6.04 Å². The average molecular weight is 489 g/mol. The number of imide groups is 1. The third kappa shape index (κ3) is 3.90. The van der Waals surface area contributed by atoms with Gasteiger partial charge in [-0.05, 0) is 54.9 Å². The summed E-state index contributed by atoms with van der Waals surface area (Å²) in [5.74, 6) is -1.10. The van der Waals surface area contributed by atoms with Crippen molar-refractivity contribution in [2.45, 2.75) is 57.5 Å². The van der Waals surface area contributed by atoms with Crippen LogP contribution >= 0.6 is 0 Å². The van der Waals surface area contributed by atoms with Crippen LogP contribution in [0.15, 0.2) is 36.5 Å². The minimum absolute atomic E-state index is 0.126. The van der Waals surface area contributed by atoms with Gasteiger partial charge in [0.05, 0.1) is 11.9 Å². The van der Waals surface area contributed by atoms with E-state index in [1.807, 2.05) is 11.0 Å². The molecular formula is C26H28N6O4. The van der Waals surface area contributed by atoms with Crippen LogP contribution in [0.5, 0.6) is 0 Å². The minimum Gasteiger partial charge on any atom is -0.333 e. The number of benzene rings is 1. The molecule has 1 saturated carbocycles. The van der Waals surface area contributed by atoms with E-state index in [0.29, 0.717) is 29.9 Å². The van der Waals surface area contributed by atoms with Crippen molar-refractivity contribution in [3.63, 3.8) is 0 Å². The molecule has 0 bridgehead atoms. The number of hydrogen-bond donors (Lipinski definition) is 1. The summed E-state index contributed by atoms with van der Waals surface area (Å²) in [6, 6.07) is 4.65. The van der Waals surface area contributed by atoms with Gasteiger partial charge in [-0.2, -0.15) is 0 Å². The van der Waals surface area contributed by atoms with E-state index in [-0.39, 0.29) is 36.1 Å². The Morgan fingerprint density at radius 2 is 1.94 bits per heavy atom. The van der Waals surface area contributed by atoms with Crippen LogP contribution in [0.2, 0.25) is 0 Å². The predicted molar refractivity (Wildman–Crippen MR) is 128 cm³/mol. The Hall–Kier alpha value is -3.82. The Bertz CT molecular complexity index is 1290. The molecule has 186 valence electrons. The van der Waals surface area contributed by atoms with Gasteiger partial charge in [0, 0.05) is 31.6 Å². The van der Waals surface area contributed by atoms with Crippen molar-refractivity contribution < 1.29 is 19.2 Å². The zero-order chi connectivity index (χ0) is 24.9. The van der Waals surface area contributed by atoms with Gasteiger partial charge in [-0.25, -0.2) is 4.68 Å². The molecule has 4 heterocycles. The number of carbonyl (C=O) groups is 4. The summed E-state index contributed by atoms with van der Waals surface area (Å²) >= 11 is 0. The topological polar surface area (TPSA) is 118 Å². The fraction of sp³-hybridized carbons (Fsp3) is 0.462. The number of amides is 4. The van der Waals surface area contributed by atoms with Crippen molar-refractivity contribution in [1.82, 2.24) is 30.1 Å². The zero-order valence-electron chi connectivity index (χ0n) is 20.0. The molecule has 1 unspecified atom stereocenters. The van der Waals surface area contributed by atoms with E-state index in [9.17, 15) is 19.2 Å². The smallest absolute Gasteiger partial charge is 0.276 e. The summed E-state index contributed by atoms with van der Waals surface area (Å²) in [5, 5.41) is 10.7. The number of allylic oxidation sites excluding steroid dienone is 1. The van der Waals surface area contributed by atoms with Gasteiger partial charge in [0.2, 0.25) is 11.8 Å². The molecule has 1 aliphatic carbocycles. The molecule has 1 atom stereocenters. The summed E-state index contributed by atoms with van der Waals surface area (Å²) in [7, 11) is 0. The van der Waals surface area contributed by atoms with Crippen LogP contribution in [0.1, 0.15) is 71.4 Å². The second-order valence-electron chi connectivity index (χ2n) is 10.4. The molecule has 1 aromatic heterocycles. The summed E-state index contributed by atoms with van der Waals surface area (Å²) in [5.41, 5.74) is 2.45. The SMILES string of the molecule is O=C1CCC(N2Cc3cc(-n4cc(C(=O)N5CC=CCC6(CCCC6)C5)nn4)ccc3C2=O)C(=O)N1. The van der Waals surface area contributed by atoms with E-state index in [0.717, 1.165) is 31.4 Å². The predicted octanol–water partition coefficient (Wildman–Crippen LogP) is 1.99. The van der Waals surface area contributed by atoms with Gasteiger partial charge >= 0.3 is 0 Å².